The molecule has 1 amide bonds. The Labute approximate surface area is 215 Å². The average molecular weight is 554 g/mol. The molecule has 0 saturated carbocycles. The van der Waals surface area contributed by atoms with E-state index in [0.29, 0.717) is 23.4 Å². The summed E-state index contributed by atoms with van der Waals surface area (Å²) < 4.78 is 84.8. The molecule has 0 bridgehead atoms. The van der Waals surface area contributed by atoms with Gasteiger partial charge in [-0.3, -0.25) is 9.78 Å². The van der Waals surface area contributed by atoms with Crippen LogP contribution in [0.5, 0.6) is 0 Å². The van der Waals surface area contributed by atoms with Gasteiger partial charge >= 0.3 is 6.18 Å². The van der Waals surface area contributed by atoms with E-state index in [1.54, 1.807) is 0 Å². The van der Waals surface area contributed by atoms with Crippen molar-refractivity contribution in [1.29, 1.82) is 0 Å². The number of carbonyl (C=O) groups is 1. The van der Waals surface area contributed by atoms with Crippen LogP contribution >= 0.6 is 0 Å². The van der Waals surface area contributed by atoms with Crippen molar-refractivity contribution >= 4 is 15.9 Å². The monoisotopic (exact) mass is 553 g/mol. The van der Waals surface area contributed by atoms with E-state index < -0.39 is 39.2 Å². The molecular formula is C24H23F4N5O4S. The van der Waals surface area contributed by atoms with E-state index in [4.69, 9.17) is 4.74 Å². The summed E-state index contributed by atoms with van der Waals surface area (Å²) in [4.78, 5) is 24.9. The highest BCUT2D eigenvalue weighted by Gasteiger charge is 2.53. The first kappa shape index (κ1) is 27.5. The van der Waals surface area contributed by atoms with Crippen LogP contribution in [0.15, 0.2) is 59.9 Å². The molecule has 1 saturated heterocycles. The molecule has 1 unspecified atom stereocenters. The van der Waals surface area contributed by atoms with Gasteiger partial charge in [-0.25, -0.2) is 22.8 Å². The van der Waals surface area contributed by atoms with Crippen molar-refractivity contribution in [2.45, 2.75) is 36.0 Å². The van der Waals surface area contributed by atoms with Crippen LogP contribution < -0.4 is 5.32 Å². The number of nitrogens with zero attached hydrogens (tertiary/aromatic N) is 4. The number of halogens is 4. The van der Waals surface area contributed by atoms with Crippen molar-refractivity contribution < 1.29 is 35.5 Å². The number of hydrogen-bond acceptors (Lipinski definition) is 7. The van der Waals surface area contributed by atoms with Gasteiger partial charge in [0.25, 0.3) is 0 Å². The molecule has 38 heavy (non-hydrogen) atoms. The summed E-state index contributed by atoms with van der Waals surface area (Å²) in [7, 11) is -2.80. The topological polar surface area (TPSA) is 114 Å². The van der Waals surface area contributed by atoms with E-state index in [9.17, 15) is 30.8 Å². The average Bonchev–Trinajstić information content (AvgIpc) is 3.33. The predicted octanol–water partition coefficient (Wildman–Crippen LogP) is 3.18. The number of alkyl halides is 3. The van der Waals surface area contributed by atoms with Gasteiger partial charge in [0.2, 0.25) is 15.9 Å². The summed E-state index contributed by atoms with van der Waals surface area (Å²) in [5.41, 5.74) is -1.64. The summed E-state index contributed by atoms with van der Waals surface area (Å²) in [5, 5.41) is 2.70. The molecule has 3 heterocycles. The SMILES string of the molecule is COCC1(C(=O)NCc2cc(-c3ccc(C(F)(F)F)nc3)ncn2)CCCN1S(=O)(=O)c1ccc(F)cc1. The highest BCUT2D eigenvalue weighted by Crippen LogP contribution is 2.36. The molecule has 1 fully saturated rings. The molecule has 0 radical (unpaired) electrons. The standard InChI is InChI=1S/C24H23F4N5O4S/c1-37-14-23(9-2-10-33(23)38(35,36)19-6-4-17(25)5-7-19)22(34)30-13-18-11-20(32-15-31-18)16-3-8-21(29-12-16)24(26,27)28/h3-8,11-12,15H,2,9-10,13-14H2,1H3,(H,30,34). The second-order valence-electron chi connectivity index (χ2n) is 8.61. The third kappa shape index (κ3) is 5.51. The molecule has 1 aromatic carbocycles. The van der Waals surface area contributed by atoms with Crippen molar-refractivity contribution in [3.05, 3.63) is 72.2 Å². The smallest absolute Gasteiger partial charge is 0.382 e. The van der Waals surface area contributed by atoms with Gasteiger partial charge in [-0.15, -0.1) is 0 Å². The lowest BCUT2D eigenvalue weighted by Gasteiger charge is -2.35. The number of sulfonamides is 1. The third-order valence-electron chi connectivity index (χ3n) is 6.14. The zero-order valence-corrected chi connectivity index (χ0v) is 20.9. The summed E-state index contributed by atoms with van der Waals surface area (Å²) >= 11 is 0. The fourth-order valence-electron chi connectivity index (χ4n) is 4.31. The molecule has 1 aliphatic rings. The number of amides is 1. The number of ether oxygens (including phenoxy) is 1. The van der Waals surface area contributed by atoms with Crippen LogP contribution in [0, 0.1) is 5.82 Å². The van der Waals surface area contributed by atoms with E-state index in [1.165, 1.54) is 25.6 Å². The molecule has 0 aliphatic carbocycles. The number of aromatic nitrogens is 3. The number of carbonyl (C=O) groups excluding carboxylic acids is 1. The molecule has 14 heteroatoms. The summed E-state index contributed by atoms with van der Waals surface area (Å²) in [6.45, 7) is -0.265. The maximum Gasteiger partial charge on any atom is 0.433 e. The fraction of sp³-hybridized carbons (Fsp3) is 0.333. The second-order valence-corrected chi connectivity index (χ2v) is 10.5. The van der Waals surface area contributed by atoms with E-state index in [0.717, 1.165) is 40.8 Å². The van der Waals surface area contributed by atoms with Crippen LogP contribution in [-0.2, 0) is 32.3 Å². The molecule has 2 aromatic heterocycles. The van der Waals surface area contributed by atoms with Gasteiger partial charge in [0.1, 0.15) is 23.4 Å². The molecule has 4 rings (SSSR count). The van der Waals surface area contributed by atoms with E-state index >= 15 is 0 Å². The van der Waals surface area contributed by atoms with Crippen LogP contribution in [0.3, 0.4) is 0 Å². The minimum absolute atomic E-state index is 0.0645. The van der Waals surface area contributed by atoms with Gasteiger partial charge in [0, 0.05) is 25.4 Å². The molecule has 202 valence electrons. The first-order valence-corrected chi connectivity index (χ1v) is 12.8. The number of rotatable bonds is 8. The fourth-order valence-corrected chi connectivity index (χ4v) is 6.10. The van der Waals surface area contributed by atoms with E-state index in [-0.39, 0.29) is 31.0 Å². The van der Waals surface area contributed by atoms with Crippen molar-refractivity contribution in [2.24, 2.45) is 0 Å². The summed E-state index contributed by atoms with van der Waals surface area (Å²) in [6, 6.07) is 7.87. The van der Waals surface area contributed by atoms with Crippen molar-refractivity contribution in [3.8, 4) is 11.3 Å². The molecule has 1 atom stereocenters. The number of benzene rings is 1. The van der Waals surface area contributed by atoms with Crippen LogP contribution in [0.1, 0.15) is 24.2 Å². The molecule has 3 aromatic rings. The maximum absolute atomic E-state index is 13.4. The number of hydrogen-bond donors (Lipinski definition) is 1. The number of nitrogens with one attached hydrogen (secondary N) is 1. The summed E-state index contributed by atoms with van der Waals surface area (Å²) in [5.74, 6) is -1.21. The highest BCUT2D eigenvalue weighted by molar-refractivity contribution is 7.89. The maximum atomic E-state index is 13.4. The van der Waals surface area contributed by atoms with Gasteiger partial charge in [-0.1, -0.05) is 0 Å². The number of methoxy groups -OCH3 is 1. The molecular weight excluding hydrogens is 530 g/mol. The van der Waals surface area contributed by atoms with Gasteiger partial charge in [0.05, 0.1) is 29.4 Å². The quantitative estimate of drug-likeness (QED) is 0.426. The molecule has 1 N–H and O–H groups in total. The summed E-state index contributed by atoms with van der Waals surface area (Å²) in [6.07, 6.45) is -1.75. The van der Waals surface area contributed by atoms with Crippen LogP contribution in [-0.4, -0.2) is 59.4 Å². The molecule has 1 aliphatic heterocycles. The van der Waals surface area contributed by atoms with Crippen LogP contribution in [0.4, 0.5) is 17.6 Å². The second kappa shape index (κ2) is 10.7. The van der Waals surface area contributed by atoms with Gasteiger partial charge in [-0.2, -0.15) is 17.5 Å². The Morgan fingerprint density at radius 3 is 2.50 bits per heavy atom. The molecule has 9 nitrogen and oxygen atoms in total. The predicted molar refractivity (Wildman–Crippen MR) is 126 cm³/mol. The Hall–Kier alpha value is -3.49. The van der Waals surface area contributed by atoms with Gasteiger partial charge in [-0.05, 0) is 55.3 Å². The lowest BCUT2D eigenvalue weighted by Crippen LogP contribution is -2.59. The van der Waals surface area contributed by atoms with Gasteiger partial charge in [0.15, 0.2) is 0 Å². The van der Waals surface area contributed by atoms with Crippen LogP contribution in [0.25, 0.3) is 11.3 Å². The minimum atomic E-state index is -4.57. The first-order valence-electron chi connectivity index (χ1n) is 11.4. The van der Waals surface area contributed by atoms with Crippen molar-refractivity contribution in [1.82, 2.24) is 24.6 Å². The first-order chi connectivity index (χ1) is 18.0. The van der Waals surface area contributed by atoms with E-state index in [2.05, 4.69) is 20.3 Å². The Kier molecular flexibility index (Phi) is 7.76. The normalized spacial score (nSPS) is 18.4. The van der Waals surface area contributed by atoms with Crippen molar-refractivity contribution in [3.63, 3.8) is 0 Å². The number of pyridine rings is 1. The third-order valence-corrected chi connectivity index (χ3v) is 8.12. The van der Waals surface area contributed by atoms with Crippen LogP contribution in [0.2, 0.25) is 0 Å². The Morgan fingerprint density at radius 1 is 1.13 bits per heavy atom. The lowest BCUT2D eigenvalue weighted by atomic mass is 9.97. The van der Waals surface area contributed by atoms with Gasteiger partial charge < -0.3 is 10.1 Å². The Balaban J connectivity index is 1.54. The van der Waals surface area contributed by atoms with Crippen molar-refractivity contribution in [2.75, 3.05) is 20.3 Å². The Morgan fingerprint density at radius 2 is 1.87 bits per heavy atom. The zero-order chi connectivity index (χ0) is 27.6. The lowest BCUT2D eigenvalue weighted by molar-refractivity contribution is -0.141. The van der Waals surface area contributed by atoms with E-state index in [1.807, 2.05) is 0 Å². The molecule has 0 spiro atoms. The Bertz CT molecular complexity index is 1400. The highest BCUT2D eigenvalue weighted by atomic mass is 32.2. The zero-order valence-electron chi connectivity index (χ0n) is 20.1. The largest absolute Gasteiger partial charge is 0.433 e. The minimum Gasteiger partial charge on any atom is -0.382 e.